The number of aliphatic hydroxyl groups is 1. The van der Waals surface area contributed by atoms with E-state index in [0.717, 1.165) is 41.6 Å². The molecule has 1 atom stereocenters. The van der Waals surface area contributed by atoms with Gasteiger partial charge in [-0.25, -0.2) is 9.78 Å². The van der Waals surface area contributed by atoms with Gasteiger partial charge in [0.2, 0.25) is 0 Å². The number of aliphatic hydroxyl groups excluding tert-OH is 1. The van der Waals surface area contributed by atoms with Crippen LogP contribution in [-0.4, -0.2) is 69.9 Å². The molecule has 8 nitrogen and oxygen atoms in total. The number of methoxy groups -OCH3 is 1. The second-order valence-electron chi connectivity index (χ2n) is 9.48. The highest BCUT2D eigenvalue weighted by Gasteiger charge is 2.54. The lowest BCUT2D eigenvalue weighted by Crippen LogP contribution is -2.67. The number of aryl methyl sites for hydroxylation is 1. The molecule has 33 heavy (non-hydrogen) atoms. The molecular formula is C24H31N5O3S. The van der Waals surface area contributed by atoms with Gasteiger partial charge in [0.25, 0.3) is 0 Å². The summed E-state index contributed by atoms with van der Waals surface area (Å²) in [6.07, 6.45) is 1.84. The molecule has 2 amide bonds. The lowest BCUT2D eigenvalue weighted by molar-refractivity contribution is 0.00519. The molecule has 0 aliphatic carbocycles. The molecule has 1 aromatic carbocycles. The van der Waals surface area contributed by atoms with Crippen LogP contribution in [0.25, 0.3) is 10.9 Å². The second kappa shape index (κ2) is 8.30. The minimum atomic E-state index is -0.402. The van der Waals surface area contributed by atoms with Crippen LogP contribution in [0.2, 0.25) is 0 Å². The predicted octanol–water partition coefficient (Wildman–Crippen LogP) is 2.86. The van der Waals surface area contributed by atoms with Crippen molar-refractivity contribution in [2.24, 2.45) is 7.05 Å². The first-order valence-electron chi connectivity index (χ1n) is 11.3. The zero-order chi connectivity index (χ0) is 23.3. The summed E-state index contributed by atoms with van der Waals surface area (Å²) in [7, 11) is 3.69. The molecule has 1 spiro atoms. The van der Waals surface area contributed by atoms with Gasteiger partial charge in [-0.1, -0.05) is 0 Å². The number of carbonyl (C=O) groups is 1. The summed E-state index contributed by atoms with van der Waals surface area (Å²) in [5.74, 6) is 0.795. The van der Waals surface area contributed by atoms with Gasteiger partial charge in [-0.05, 0) is 31.5 Å². The predicted molar refractivity (Wildman–Crippen MR) is 129 cm³/mol. The summed E-state index contributed by atoms with van der Waals surface area (Å²) in [6, 6.07) is 5.65. The fourth-order valence-corrected chi connectivity index (χ4v) is 6.26. The number of benzene rings is 1. The van der Waals surface area contributed by atoms with E-state index in [1.54, 1.807) is 18.4 Å². The molecule has 9 heteroatoms. The van der Waals surface area contributed by atoms with Crippen molar-refractivity contribution in [1.29, 1.82) is 0 Å². The van der Waals surface area contributed by atoms with E-state index < -0.39 is 6.04 Å². The number of ether oxygens (including phenoxy) is 1. The Balaban J connectivity index is 1.60. The maximum absolute atomic E-state index is 13.2. The largest absolute Gasteiger partial charge is 0.497 e. The monoisotopic (exact) mass is 469 g/mol. The molecule has 2 aliphatic rings. The SMILES string of the molecule is COc1ccc2c3c(n(C)c2c1)[C@@H](CO)N(C(=O)NC(C)C)CC31CN(Cc2nccs2)C1. The molecule has 2 aromatic heterocycles. The molecule has 4 heterocycles. The lowest BCUT2D eigenvalue weighted by Gasteiger charge is -2.56. The molecule has 0 radical (unpaired) electrons. The van der Waals surface area contributed by atoms with Crippen LogP contribution >= 0.6 is 11.3 Å². The summed E-state index contributed by atoms with van der Waals surface area (Å²) in [4.78, 5) is 21.9. The van der Waals surface area contributed by atoms with Crippen molar-refractivity contribution in [3.05, 3.63) is 46.0 Å². The number of nitrogens with one attached hydrogen (secondary N) is 1. The fraction of sp³-hybridized carbons (Fsp3) is 0.500. The van der Waals surface area contributed by atoms with Crippen molar-refractivity contribution >= 4 is 28.3 Å². The first kappa shape index (κ1) is 22.2. The molecule has 5 rings (SSSR count). The lowest BCUT2D eigenvalue weighted by atomic mass is 9.68. The van der Waals surface area contributed by atoms with Crippen LogP contribution in [0, 0.1) is 0 Å². The number of hydrogen-bond donors (Lipinski definition) is 2. The molecular weight excluding hydrogens is 438 g/mol. The van der Waals surface area contributed by atoms with Gasteiger partial charge in [0.15, 0.2) is 0 Å². The van der Waals surface area contributed by atoms with Gasteiger partial charge in [-0.3, -0.25) is 4.90 Å². The van der Waals surface area contributed by atoms with Crippen LogP contribution in [0.1, 0.15) is 36.2 Å². The Morgan fingerprint density at radius 1 is 1.36 bits per heavy atom. The summed E-state index contributed by atoms with van der Waals surface area (Å²) in [5, 5.41) is 17.8. The smallest absolute Gasteiger partial charge is 0.318 e. The third-order valence-electron chi connectivity index (χ3n) is 6.89. The van der Waals surface area contributed by atoms with Crippen molar-refractivity contribution in [3.8, 4) is 5.75 Å². The van der Waals surface area contributed by atoms with E-state index >= 15 is 0 Å². The van der Waals surface area contributed by atoms with Crippen molar-refractivity contribution in [1.82, 2.24) is 24.7 Å². The van der Waals surface area contributed by atoms with Crippen LogP contribution < -0.4 is 10.1 Å². The normalized spacial score (nSPS) is 19.7. The molecule has 2 N–H and O–H groups in total. The van der Waals surface area contributed by atoms with Gasteiger partial charge >= 0.3 is 6.03 Å². The number of nitrogens with zero attached hydrogens (tertiary/aromatic N) is 4. The first-order valence-corrected chi connectivity index (χ1v) is 12.2. The third kappa shape index (κ3) is 3.59. The standard InChI is InChI=1S/C24H31N5O3S/c1-15(2)26-23(31)29-14-24(12-28(13-24)10-20-25-7-8-33-20)21-17-6-5-16(32-4)9-18(17)27(3)22(21)19(29)11-30/h5-9,15,19,30H,10-14H2,1-4H3,(H,26,31)/t19-/m1/s1. The zero-order valence-electron chi connectivity index (χ0n) is 19.5. The number of rotatable bonds is 5. The Bertz CT molecular complexity index is 1170. The molecule has 3 aromatic rings. The molecule has 0 bridgehead atoms. The first-order chi connectivity index (χ1) is 15.9. The molecule has 176 valence electrons. The topological polar surface area (TPSA) is 82.9 Å². The van der Waals surface area contributed by atoms with E-state index in [-0.39, 0.29) is 24.1 Å². The van der Waals surface area contributed by atoms with Crippen LogP contribution in [0.3, 0.4) is 0 Å². The van der Waals surface area contributed by atoms with Gasteiger partial charge in [-0.2, -0.15) is 0 Å². The summed E-state index contributed by atoms with van der Waals surface area (Å²) >= 11 is 1.67. The summed E-state index contributed by atoms with van der Waals surface area (Å²) < 4.78 is 7.62. The fourth-order valence-electron chi connectivity index (χ4n) is 5.60. The second-order valence-corrected chi connectivity index (χ2v) is 10.5. The number of likely N-dealkylation sites (tertiary alicyclic amines) is 1. The Morgan fingerprint density at radius 2 is 2.15 bits per heavy atom. The number of amides is 2. The van der Waals surface area contributed by atoms with Crippen molar-refractivity contribution in [2.75, 3.05) is 33.4 Å². The Morgan fingerprint density at radius 3 is 2.79 bits per heavy atom. The molecule has 1 fully saturated rings. The van der Waals surface area contributed by atoms with Crippen molar-refractivity contribution < 1.29 is 14.6 Å². The van der Waals surface area contributed by atoms with Gasteiger partial charge in [0, 0.05) is 66.9 Å². The molecule has 1 saturated heterocycles. The Hall–Kier alpha value is -2.62. The highest BCUT2D eigenvalue weighted by Crippen LogP contribution is 2.49. The minimum absolute atomic E-state index is 0.0220. The van der Waals surface area contributed by atoms with E-state index in [9.17, 15) is 9.90 Å². The number of urea groups is 1. The van der Waals surface area contributed by atoms with E-state index in [4.69, 9.17) is 4.74 Å². The van der Waals surface area contributed by atoms with Crippen molar-refractivity contribution in [3.63, 3.8) is 0 Å². The maximum atomic E-state index is 13.2. The Labute approximate surface area is 197 Å². The third-order valence-corrected chi connectivity index (χ3v) is 7.65. The van der Waals surface area contributed by atoms with Crippen LogP contribution in [0.4, 0.5) is 4.79 Å². The van der Waals surface area contributed by atoms with E-state index in [1.165, 1.54) is 10.9 Å². The maximum Gasteiger partial charge on any atom is 0.318 e. The highest BCUT2D eigenvalue weighted by molar-refractivity contribution is 7.09. The Kier molecular flexibility index (Phi) is 5.58. The summed E-state index contributed by atoms with van der Waals surface area (Å²) in [6.45, 7) is 6.86. The van der Waals surface area contributed by atoms with E-state index in [1.807, 2.05) is 49.5 Å². The van der Waals surface area contributed by atoms with E-state index in [2.05, 4.69) is 25.8 Å². The van der Waals surface area contributed by atoms with Gasteiger partial charge in [0.1, 0.15) is 10.8 Å². The molecule has 0 saturated carbocycles. The van der Waals surface area contributed by atoms with Gasteiger partial charge in [-0.15, -0.1) is 11.3 Å². The van der Waals surface area contributed by atoms with Gasteiger partial charge in [0.05, 0.1) is 31.8 Å². The number of thiazole rings is 1. The van der Waals surface area contributed by atoms with Crippen molar-refractivity contribution in [2.45, 2.75) is 37.9 Å². The average molecular weight is 470 g/mol. The minimum Gasteiger partial charge on any atom is -0.497 e. The molecule has 2 aliphatic heterocycles. The van der Waals surface area contributed by atoms with Gasteiger partial charge < -0.3 is 24.6 Å². The van der Waals surface area contributed by atoms with Crippen LogP contribution in [0.15, 0.2) is 29.8 Å². The number of carbonyl (C=O) groups excluding carboxylic acids is 1. The number of fused-ring (bicyclic) bond motifs is 4. The number of hydrogen-bond acceptors (Lipinski definition) is 6. The average Bonchev–Trinajstić information content (AvgIpc) is 3.38. The van der Waals surface area contributed by atoms with E-state index in [0.29, 0.717) is 6.54 Å². The number of aromatic nitrogens is 2. The summed E-state index contributed by atoms with van der Waals surface area (Å²) in [5.41, 5.74) is 3.13. The quantitative estimate of drug-likeness (QED) is 0.601. The molecule has 0 unspecified atom stereocenters. The van der Waals surface area contributed by atoms with Crippen LogP contribution in [-0.2, 0) is 19.0 Å². The highest BCUT2D eigenvalue weighted by atomic mass is 32.1. The van der Waals surface area contributed by atoms with Crippen LogP contribution in [0.5, 0.6) is 5.75 Å². The zero-order valence-corrected chi connectivity index (χ0v) is 20.4.